The second-order valence-electron chi connectivity index (χ2n) is 7.43. The smallest absolute Gasteiger partial charge is 0.259 e. The summed E-state index contributed by atoms with van der Waals surface area (Å²) in [6, 6.07) is 13.4. The zero-order chi connectivity index (χ0) is 23.5. The molecule has 0 bridgehead atoms. The van der Waals surface area contributed by atoms with Crippen LogP contribution in [0.2, 0.25) is 0 Å². The van der Waals surface area contributed by atoms with E-state index in [0.29, 0.717) is 18.8 Å². The van der Waals surface area contributed by atoms with Gasteiger partial charge < -0.3 is 29.3 Å². The van der Waals surface area contributed by atoms with Crippen LogP contribution in [-0.4, -0.2) is 70.2 Å². The highest BCUT2D eigenvalue weighted by Crippen LogP contribution is 2.25. The van der Waals surface area contributed by atoms with Crippen LogP contribution in [0.25, 0.3) is 0 Å². The minimum absolute atomic E-state index is 0.00872. The van der Waals surface area contributed by atoms with Gasteiger partial charge in [0.05, 0.1) is 20.8 Å². The first-order valence-electron chi connectivity index (χ1n) is 10.5. The van der Waals surface area contributed by atoms with Gasteiger partial charge in [-0.15, -0.1) is 0 Å². The molecule has 0 saturated heterocycles. The number of guanidine groups is 1. The standard InChI is InChI=1S/C24H34N4O4/c1-7-25-24(28(4)16-19-11-12-20(30-5)14-22(19)31-6)26-15-18-9-8-10-21(13-18)32-17-23(29)27(2)3/h8-14H,7,15-17H2,1-6H3,(H,25,26). The predicted octanol–water partition coefficient (Wildman–Crippen LogP) is 2.77. The van der Waals surface area contributed by atoms with Crippen molar-refractivity contribution in [3.8, 4) is 17.2 Å². The number of benzene rings is 2. The molecule has 0 heterocycles. The van der Waals surface area contributed by atoms with Crippen LogP contribution in [0.15, 0.2) is 47.5 Å². The Morgan fingerprint density at radius 2 is 1.81 bits per heavy atom. The summed E-state index contributed by atoms with van der Waals surface area (Å²) in [7, 11) is 8.68. The van der Waals surface area contributed by atoms with Gasteiger partial charge in [0, 0.05) is 45.9 Å². The van der Waals surface area contributed by atoms with Crippen LogP contribution in [0.3, 0.4) is 0 Å². The fourth-order valence-electron chi connectivity index (χ4n) is 2.96. The molecule has 2 rings (SSSR count). The second-order valence-corrected chi connectivity index (χ2v) is 7.43. The fourth-order valence-corrected chi connectivity index (χ4v) is 2.96. The van der Waals surface area contributed by atoms with Crippen LogP contribution in [0.1, 0.15) is 18.1 Å². The van der Waals surface area contributed by atoms with Gasteiger partial charge in [0.25, 0.3) is 5.91 Å². The number of aliphatic imine (C=N–C) groups is 1. The molecule has 0 fully saturated rings. The Morgan fingerprint density at radius 3 is 2.47 bits per heavy atom. The number of ether oxygens (including phenoxy) is 3. The van der Waals surface area contributed by atoms with Gasteiger partial charge in [0.15, 0.2) is 12.6 Å². The number of rotatable bonds is 10. The van der Waals surface area contributed by atoms with Gasteiger partial charge in [0.2, 0.25) is 0 Å². The van der Waals surface area contributed by atoms with Crippen molar-refractivity contribution in [1.29, 1.82) is 0 Å². The molecule has 0 spiro atoms. The van der Waals surface area contributed by atoms with Gasteiger partial charge in [-0.2, -0.15) is 0 Å². The Kier molecular flexibility index (Phi) is 9.66. The average molecular weight is 443 g/mol. The Morgan fingerprint density at radius 1 is 1.03 bits per heavy atom. The van der Waals surface area contributed by atoms with Crippen LogP contribution in [-0.2, 0) is 17.9 Å². The lowest BCUT2D eigenvalue weighted by molar-refractivity contribution is -0.130. The van der Waals surface area contributed by atoms with E-state index >= 15 is 0 Å². The average Bonchev–Trinajstić information content (AvgIpc) is 2.80. The van der Waals surface area contributed by atoms with E-state index in [9.17, 15) is 4.79 Å². The van der Waals surface area contributed by atoms with Crippen molar-refractivity contribution in [2.24, 2.45) is 4.99 Å². The van der Waals surface area contributed by atoms with E-state index in [1.54, 1.807) is 28.3 Å². The number of methoxy groups -OCH3 is 2. The minimum Gasteiger partial charge on any atom is -0.497 e. The lowest BCUT2D eigenvalue weighted by Gasteiger charge is -2.23. The summed E-state index contributed by atoms with van der Waals surface area (Å²) in [4.78, 5) is 20.1. The van der Waals surface area contributed by atoms with Crippen LogP contribution >= 0.6 is 0 Å². The van der Waals surface area contributed by atoms with E-state index in [4.69, 9.17) is 19.2 Å². The van der Waals surface area contributed by atoms with Gasteiger partial charge in [-0.25, -0.2) is 4.99 Å². The molecule has 0 aliphatic carbocycles. The summed E-state index contributed by atoms with van der Waals surface area (Å²) >= 11 is 0. The van der Waals surface area contributed by atoms with Crippen molar-refractivity contribution in [3.63, 3.8) is 0 Å². The van der Waals surface area contributed by atoms with Gasteiger partial charge in [-0.1, -0.05) is 12.1 Å². The van der Waals surface area contributed by atoms with Crippen molar-refractivity contribution < 1.29 is 19.0 Å². The van der Waals surface area contributed by atoms with E-state index in [1.807, 2.05) is 61.3 Å². The first kappa shape index (κ1) is 24.8. The predicted molar refractivity (Wildman–Crippen MR) is 126 cm³/mol. The second kappa shape index (κ2) is 12.4. The lowest BCUT2D eigenvalue weighted by atomic mass is 10.2. The summed E-state index contributed by atoms with van der Waals surface area (Å²) in [5, 5.41) is 3.33. The van der Waals surface area contributed by atoms with Crippen molar-refractivity contribution in [2.75, 3.05) is 48.5 Å². The van der Waals surface area contributed by atoms with Crippen LogP contribution < -0.4 is 19.5 Å². The topological polar surface area (TPSA) is 75.6 Å². The molecule has 1 N–H and O–H groups in total. The summed E-state index contributed by atoms with van der Waals surface area (Å²) in [5.74, 6) is 2.86. The van der Waals surface area contributed by atoms with Crippen LogP contribution in [0, 0.1) is 0 Å². The van der Waals surface area contributed by atoms with Gasteiger partial charge in [0.1, 0.15) is 17.2 Å². The maximum Gasteiger partial charge on any atom is 0.259 e. The minimum atomic E-state index is -0.0848. The number of carbonyl (C=O) groups is 1. The van der Waals surface area contributed by atoms with Crippen molar-refractivity contribution >= 4 is 11.9 Å². The zero-order valence-electron chi connectivity index (χ0n) is 19.8. The molecule has 174 valence electrons. The Bertz CT molecular complexity index is 915. The van der Waals surface area contributed by atoms with Gasteiger partial charge >= 0.3 is 0 Å². The molecule has 0 unspecified atom stereocenters. The maximum atomic E-state index is 11.7. The normalized spacial score (nSPS) is 11.0. The third kappa shape index (κ3) is 7.37. The molecule has 0 radical (unpaired) electrons. The monoisotopic (exact) mass is 442 g/mol. The summed E-state index contributed by atoms with van der Waals surface area (Å²) in [6.07, 6.45) is 0. The molecule has 1 amide bonds. The van der Waals surface area contributed by atoms with Crippen molar-refractivity contribution in [1.82, 2.24) is 15.1 Å². The summed E-state index contributed by atoms with van der Waals surface area (Å²) in [6.45, 7) is 3.89. The lowest BCUT2D eigenvalue weighted by Crippen LogP contribution is -2.38. The first-order valence-corrected chi connectivity index (χ1v) is 10.5. The van der Waals surface area contributed by atoms with E-state index in [0.717, 1.165) is 35.1 Å². The maximum absolute atomic E-state index is 11.7. The molecule has 0 aliphatic heterocycles. The molecule has 0 aliphatic rings. The summed E-state index contributed by atoms with van der Waals surface area (Å²) < 4.78 is 16.4. The number of hydrogen-bond donors (Lipinski definition) is 1. The molecule has 8 heteroatoms. The summed E-state index contributed by atoms with van der Waals surface area (Å²) in [5.41, 5.74) is 2.02. The third-order valence-corrected chi connectivity index (χ3v) is 4.77. The molecule has 32 heavy (non-hydrogen) atoms. The van der Waals surface area contributed by atoms with E-state index in [-0.39, 0.29) is 12.5 Å². The first-order chi connectivity index (χ1) is 15.4. The van der Waals surface area contributed by atoms with Crippen LogP contribution in [0.4, 0.5) is 0 Å². The van der Waals surface area contributed by atoms with Crippen molar-refractivity contribution in [2.45, 2.75) is 20.0 Å². The molecule has 2 aromatic carbocycles. The number of nitrogens with one attached hydrogen (secondary N) is 1. The number of hydrogen-bond acceptors (Lipinski definition) is 5. The highest BCUT2D eigenvalue weighted by Gasteiger charge is 2.12. The molecule has 0 atom stereocenters. The van der Waals surface area contributed by atoms with Gasteiger partial charge in [-0.3, -0.25) is 4.79 Å². The zero-order valence-corrected chi connectivity index (χ0v) is 19.8. The number of nitrogens with zero attached hydrogens (tertiary/aromatic N) is 3. The third-order valence-electron chi connectivity index (χ3n) is 4.77. The molecular weight excluding hydrogens is 408 g/mol. The Labute approximate surface area is 190 Å². The van der Waals surface area contributed by atoms with Gasteiger partial charge in [-0.05, 0) is 36.8 Å². The van der Waals surface area contributed by atoms with E-state index < -0.39 is 0 Å². The van der Waals surface area contributed by atoms with Crippen molar-refractivity contribution in [3.05, 3.63) is 53.6 Å². The van der Waals surface area contributed by atoms with E-state index in [2.05, 4.69) is 5.32 Å². The largest absolute Gasteiger partial charge is 0.497 e. The molecule has 8 nitrogen and oxygen atoms in total. The quantitative estimate of drug-likeness (QED) is 0.451. The molecule has 2 aromatic rings. The highest BCUT2D eigenvalue weighted by atomic mass is 16.5. The fraction of sp³-hybridized carbons (Fsp3) is 0.417. The molecular formula is C24H34N4O4. The molecule has 0 aromatic heterocycles. The SMILES string of the molecule is CCNC(=NCc1cccc(OCC(=O)N(C)C)c1)N(C)Cc1ccc(OC)cc1OC. The number of carbonyl (C=O) groups excluding carboxylic acids is 1. The number of likely N-dealkylation sites (N-methyl/N-ethyl adjacent to an activating group) is 1. The van der Waals surface area contributed by atoms with E-state index in [1.165, 1.54) is 4.90 Å². The molecule has 0 saturated carbocycles. The Balaban J connectivity index is 2.09. The highest BCUT2D eigenvalue weighted by molar-refractivity contribution is 5.79. The van der Waals surface area contributed by atoms with Crippen LogP contribution in [0.5, 0.6) is 17.2 Å². The Hall–Kier alpha value is -3.42. The number of amides is 1.